The predicted molar refractivity (Wildman–Crippen MR) is 73.1 cm³/mol. The van der Waals surface area contributed by atoms with E-state index in [9.17, 15) is 5.11 Å². The zero-order valence-electron chi connectivity index (χ0n) is 10.6. The molecule has 0 aliphatic heterocycles. The first kappa shape index (κ1) is 12.5. The van der Waals surface area contributed by atoms with Gasteiger partial charge in [-0.2, -0.15) is 0 Å². The largest absolute Gasteiger partial charge is 0.508 e. The van der Waals surface area contributed by atoms with Gasteiger partial charge in [0.05, 0.1) is 6.61 Å². The lowest BCUT2D eigenvalue weighted by Gasteiger charge is -2.05. The van der Waals surface area contributed by atoms with E-state index in [1.165, 1.54) is 11.1 Å². The number of hydrogen-bond acceptors (Lipinski definition) is 2. The van der Waals surface area contributed by atoms with Gasteiger partial charge in [-0.1, -0.05) is 24.3 Å². The van der Waals surface area contributed by atoms with Crippen molar-refractivity contribution >= 4 is 0 Å². The molecule has 0 spiro atoms. The molecular weight excluding hydrogens is 224 g/mol. The normalized spacial score (nSPS) is 10.3. The van der Waals surface area contributed by atoms with Crippen LogP contribution in [0.25, 0.3) is 0 Å². The molecule has 2 heteroatoms. The third kappa shape index (κ3) is 3.52. The summed E-state index contributed by atoms with van der Waals surface area (Å²) in [6.45, 7) is 2.69. The Balaban J connectivity index is 1.91. The zero-order chi connectivity index (χ0) is 12.8. The highest BCUT2D eigenvalue weighted by Gasteiger charge is 1.97. The molecule has 0 saturated heterocycles. The maximum absolute atomic E-state index is 9.21. The van der Waals surface area contributed by atoms with E-state index in [-0.39, 0.29) is 0 Å². The van der Waals surface area contributed by atoms with Gasteiger partial charge in [0.25, 0.3) is 0 Å². The summed E-state index contributed by atoms with van der Waals surface area (Å²) in [5.41, 5.74) is 2.54. The summed E-state index contributed by atoms with van der Waals surface area (Å²) in [5, 5.41) is 9.21. The smallest absolute Gasteiger partial charge is 0.119 e. The molecule has 2 aromatic carbocycles. The van der Waals surface area contributed by atoms with Gasteiger partial charge in [0.2, 0.25) is 0 Å². The Kier molecular flexibility index (Phi) is 4.24. The fraction of sp³-hybridized carbons (Fsp3) is 0.250. The summed E-state index contributed by atoms with van der Waals surface area (Å²) in [4.78, 5) is 0. The second-order valence-corrected chi connectivity index (χ2v) is 4.24. The van der Waals surface area contributed by atoms with Crippen molar-refractivity contribution in [1.82, 2.24) is 0 Å². The number of phenols is 1. The summed E-state index contributed by atoms with van der Waals surface area (Å²) in [5.74, 6) is 1.24. The van der Waals surface area contributed by atoms with E-state index >= 15 is 0 Å². The van der Waals surface area contributed by atoms with E-state index < -0.39 is 0 Å². The van der Waals surface area contributed by atoms with Crippen molar-refractivity contribution < 1.29 is 9.84 Å². The van der Waals surface area contributed by atoms with Crippen molar-refractivity contribution in [2.24, 2.45) is 0 Å². The van der Waals surface area contributed by atoms with Gasteiger partial charge in [0.1, 0.15) is 11.5 Å². The van der Waals surface area contributed by atoms with Crippen molar-refractivity contribution in [3.8, 4) is 11.5 Å². The van der Waals surface area contributed by atoms with Crippen LogP contribution in [-0.4, -0.2) is 11.7 Å². The highest BCUT2D eigenvalue weighted by atomic mass is 16.5. The van der Waals surface area contributed by atoms with Crippen LogP contribution in [0.1, 0.15) is 18.1 Å². The molecule has 0 amide bonds. The molecule has 0 fully saturated rings. The van der Waals surface area contributed by atoms with Gasteiger partial charge in [0, 0.05) is 0 Å². The number of ether oxygens (including phenoxy) is 1. The first-order chi connectivity index (χ1) is 8.78. The van der Waals surface area contributed by atoms with Crippen LogP contribution in [0.2, 0.25) is 0 Å². The van der Waals surface area contributed by atoms with E-state index in [1.54, 1.807) is 12.1 Å². The zero-order valence-corrected chi connectivity index (χ0v) is 10.6. The molecule has 2 nitrogen and oxygen atoms in total. The average Bonchev–Trinajstić information content (AvgIpc) is 2.40. The first-order valence-electron chi connectivity index (χ1n) is 6.27. The molecule has 18 heavy (non-hydrogen) atoms. The molecule has 0 aromatic heterocycles. The van der Waals surface area contributed by atoms with Crippen LogP contribution >= 0.6 is 0 Å². The van der Waals surface area contributed by atoms with E-state index in [1.807, 2.05) is 31.2 Å². The molecule has 0 atom stereocenters. The number of aromatic hydroxyl groups is 1. The molecular formula is C16H18O2. The maximum atomic E-state index is 9.21. The van der Waals surface area contributed by atoms with Crippen molar-refractivity contribution in [3.05, 3.63) is 59.7 Å². The summed E-state index contributed by atoms with van der Waals surface area (Å²) in [6.07, 6.45) is 1.98. The van der Waals surface area contributed by atoms with Crippen molar-refractivity contribution in [2.45, 2.75) is 19.8 Å². The quantitative estimate of drug-likeness (QED) is 0.868. The Bertz CT molecular complexity index is 471. The minimum atomic E-state index is 0.319. The van der Waals surface area contributed by atoms with Crippen molar-refractivity contribution in [1.29, 1.82) is 0 Å². The molecule has 0 radical (unpaired) electrons. The van der Waals surface area contributed by atoms with Crippen molar-refractivity contribution in [3.63, 3.8) is 0 Å². The summed E-state index contributed by atoms with van der Waals surface area (Å²) < 4.78 is 5.41. The molecule has 2 aromatic rings. The van der Waals surface area contributed by atoms with Gasteiger partial charge in [-0.25, -0.2) is 0 Å². The Morgan fingerprint density at radius 1 is 0.833 bits per heavy atom. The summed E-state index contributed by atoms with van der Waals surface area (Å²) >= 11 is 0. The van der Waals surface area contributed by atoms with Gasteiger partial charge in [0.15, 0.2) is 0 Å². The molecule has 0 aliphatic carbocycles. The molecule has 0 heterocycles. The average molecular weight is 242 g/mol. The van der Waals surface area contributed by atoms with Gasteiger partial charge in [-0.05, 0) is 55.2 Å². The molecule has 0 bridgehead atoms. The number of aryl methyl sites for hydroxylation is 2. The topological polar surface area (TPSA) is 29.5 Å². The van der Waals surface area contributed by atoms with E-state index in [4.69, 9.17) is 4.74 Å². The monoisotopic (exact) mass is 242 g/mol. The molecule has 0 saturated carbocycles. The fourth-order valence-corrected chi connectivity index (χ4v) is 1.87. The number of hydrogen-bond donors (Lipinski definition) is 1. The van der Waals surface area contributed by atoms with Gasteiger partial charge in [-0.3, -0.25) is 0 Å². The van der Waals surface area contributed by atoms with Crippen LogP contribution in [0.15, 0.2) is 48.5 Å². The van der Waals surface area contributed by atoms with E-state index in [0.717, 1.165) is 18.6 Å². The third-order valence-corrected chi connectivity index (χ3v) is 2.87. The summed E-state index contributed by atoms with van der Waals surface area (Å²) in [7, 11) is 0. The maximum Gasteiger partial charge on any atom is 0.119 e. The minimum Gasteiger partial charge on any atom is -0.508 e. The highest BCUT2D eigenvalue weighted by Crippen LogP contribution is 2.15. The summed E-state index contributed by atoms with van der Waals surface area (Å²) in [6, 6.07) is 15.6. The first-order valence-corrected chi connectivity index (χ1v) is 6.27. The Morgan fingerprint density at radius 2 is 1.33 bits per heavy atom. The van der Waals surface area contributed by atoms with Crippen LogP contribution in [0.3, 0.4) is 0 Å². The number of phenolic OH excluding ortho intramolecular Hbond substituents is 1. The lowest BCUT2D eigenvalue weighted by molar-refractivity contribution is 0.340. The van der Waals surface area contributed by atoms with E-state index in [2.05, 4.69) is 12.1 Å². The van der Waals surface area contributed by atoms with Crippen LogP contribution in [0.5, 0.6) is 11.5 Å². The second-order valence-electron chi connectivity index (χ2n) is 4.24. The fourth-order valence-electron chi connectivity index (χ4n) is 1.87. The standard InChI is InChI=1S/C16H18O2/c1-2-18-16-11-7-14(8-12-16)4-3-13-5-9-15(17)10-6-13/h5-12,17H,2-4H2,1H3. The van der Waals surface area contributed by atoms with Gasteiger partial charge < -0.3 is 9.84 Å². The van der Waals surface area contributed by atoms with Crippen LogP contribution in [0.4, 0.5) is 0 Å². The number of rotatable bonds is 5. The van der Waals surface area contributed by atoms with Crippen LogP contribution in [-0.2, 0) is 12.8 Å². The molecule has 0 unspecified atom stereocenters. The van der Waals surface area contributed by atoms with Crippen molar-refractivity contribution in [2.75, 3.05) is 6.61 Å². The molecule has 0 aliphatic rings. The van der Waals surface area contributed by atoms with Gasteiger partial charge in [-0.15, -0.1) is 0 Å². The third-order valence-electron chi connectivity index (χ3n) is 2.87. The highest BCUT2D eigenvalue weighted by molar-refractivity contribution is 5.29. The SMILES string of the molecule is CCOc1ccc(CCc2ccc(O)cc2)cc1. The lowest BCUT2D eigenvalue weighted by Crippen LogP contribution is -1.93. The lowest BCUT2D eigenvalue weighted by atomic mass is 10.0. The Hall–Kier alpha value is -1.96. The minimum absolute atomic E-state index is 0.319. The van der Waals surface area contributed by atoms with Crippen LogP contribution < -0.4 is 4.74 Å². The number of benzene rings is 2. The molecule has 94 valence electrons. The second kappa shape index (κ2) is 6.10. The Labute approximate surface area is 108 Å². The van der Waals surface area contributed by atoms with E-state index in [0.29, 0.717) is 12.4 Å². The van der Waals surface area contributed by atoms with Gasteiger partial charge >= 0.3 is 0 Å². The molecule has 1 N–H and O–H groups in total. The predicted octanol–water partition coefficient (Wildman–Crippen LogP) is 3.58. The molecule has 2 rings (SSSR count). The van der Waals surface area contributed by atoms with Crippen LogP contribution in [0, 0.1) is 0 Å². The Morgan fingerprint density at radius 3 is 1.83 bits per heavy atom.